The molecule has 0 saturated heterocycles. The maximum absolute atomic E-state index is 10.5. The summed E-state index contributed by atoms with van der Waals surface area (Å²) in [6.07, 6.45) is 1.27. The largest absolute Gasteiger partial charge is 0.382 e. The zero-order valence-corrected chi connectivity index (χ0v) is 11.0. The molecule has 98 valence electrons. The van der Waals surface area contributed by atoms with Gasteiger partial charge in [0.15, 0.2) is 12.1 Å². The Morgan fingerprint density at radius 3 is 2.47 bits per heavy atom. The molecule has 0 spiro atoms. The van der Waals surface area contributed by atoms with Gasteiger partial charge < -0.3 is 14.6 Å². The van der Waals surface area contributed by atoms with E-state index in [0.717, 1.165) is 0 Å². The predicted octanol–water partition coefficient (Wildman–Crippen LogP) is 1.08. The lowest BCUT2D eigenvalue weighted by atomic mass is 10.0. The molecule has 1 atom stereocenters. The van der Waals surface area contributed by atoms with Gasteiger partial charge in [-0.2, -0.15) is 5.10 Å². The van der Waals surface area contributed by atoms with Crippen LogP contribution < -0.4 is 0 Å². The van der Waals surface area contributed by atoms with Crippen molar-refractivity contribution >= 4 is 0 Å². The molecule has 0 saturated carbocycles. The highest BCUT2D eigenvalue weighted by molar-refractivity contribution is 5.00. The summed E-state index contributed by atoms with van der Waals surface area (Å²) in [6, 6.07) is 0.141. The zero-order chi connectivity index (χ0) is 13.1. The molecule has 0 aromatic carbocycles. The second kappa shape index (κ2) is 5.57. The second-order valence-electron chi connectivity index (χ2n) is 4.50. The van der Waals surface area contributed by atoms with Crippen LogP contribution in [0.2, 0.25) is 0 Å². The van der Waals surface area contributed by atoms with Gasteiger partial charge in [0, 0.05) is 26.7 Å². The van der Waals surface area contributed by atoms with E-state index in [1.54, 1.807) is 11.6 Å². The van der Waals surface area contributed by atoms with Crippen molar-refractivity contribution in [3.63, 3.8) is 0 Å². The topological polar surface area (TPSA) is 69.4 Å². The average Bonchev–Trinajstić information content (AvgIpc) is 2.75. The number of methoxy groups -OCH3 is 2. The molecule has 0 amide bonds. The summed E-state index contributed by atoms with van der Waals surface area (Å²) in [5, 5.41) is 14.6. The van der Waals surface area contributed by atoms with Gasteiger partial charge in [-0.1, -0.05) is 0 Å². The fourth-order valence-electron chi connectivity index (χ4n) is 1.69. The lowest BCUT2D eigenvalue weighted by Crippen LogP contribution is -2.33. The minimum Gasteiger partial charge on any atom is -0.382 e. The summed E-state index contributed by atoms with van der Waals surface area (Å²) >= 11 is 0. The van der Waals surface area contributed by atoms with Crippen molar-refractivity contribution < 1.29 is 14.6 Å². The van der Waals surface area contributed by atoms with E-state index < -0.39 is 11.9 Å². The van der Waals surface area contributed by atoms with Crippen LogP contribution in [0, 0.1) is 0 Å². The summed E-state index contributed by atoms with van der Waals surface area (Å²) < 4.78 is 11.9. The highest BCUT2D eigenvalue weighted by atomic mass is 16.7. The number of hydrogen-bond acceptors (Lipinski definition) is 5. The number of ether oxygens (including phenoxy) is 2. The summed E-state index contributed by atoms with van der Waals surface area (Å²) in [5.41, 5.74) is -1.14. The zero-order valence-electron chi connectivity index (χ0n) is 11.0. The Morgan fingerprint density at radius 2 is 2.00 bits per heavy atom. The predicted molar refractivity (Wildman–Crippen MR) is 62.4 cm³/mol. The van der Waals surface area contributed by atoms with E-state index in [0.29, 0.717) is 12.2 Å². The molecule has 0 radical (unpaired) electrons. The first kappa shape index (κ1) is 14.1. The number of aromatic nitrogens is 3. The first-order valence-electron chi connectivity index (χ1n) is 5.60. The summed E-state index contributed by atoms with van der Waals surface area (Å²) in [5.74, 6) is 0.520. The maximum atomic E-state index is 10.5. The molecule has 0 bridgehead atoms. The van der Waals surface area contributed by atoms with Crippen LogP contribution in [0.3, 0.4) is 0 Å². The third-order valence-corrected chi connectivity index (χ3v) is 2.63. The second-order valence-corrected chi connectivity index (χ2v) is 4.50. The first-order valence-corrected chi connectivity index (χ1v) is 5.60. The van der Waals surface area contributed by atoms with E-state index in [9.17, 15) is 5.11 Å². The minimum atomic E-state index is -1.14. The SMILES string of the molecule is COC(CC(C)(O)c1ncnn1C(C)C)OC. The van der Waals surface area contributed by atoms with Crippen molar-refractivity contribution in [3.8, 4) is 0 Å². The van der Waals surface area contributed by atoms with Crippen LogP contribution in [0.15, 0.2) is 6.33 Å². The summed E-state index contributed by atoms with van der Waals surface area (Å²) in [7, 11) is 3.08. The lowest BCUT2D eigenvalue weighted by Gasteiger charge is -2.27. The molecule has 1 heterocycles. The van der Waals surface area contributed by atoms with Gasteiger partial charge in [0.2, 0.25) is 0 Å². The third kappa shape index (κ3) is 3.24. The molecule has 1 rings (SSSR count). The Kier molecular flexibility index (Phi) is 4.62. The molecule has 0 aliphatic carbocycles. The van der Waals surface area contributed by atoms with Gasteiger partial charge in [0.1, 0.15) is 11.9 Å². The molecule has 17 heavy (non-hydrogen) atoms. The summed E-state index contributed by atoms with van der Waals surface area (Å²) in [4.78, 5) is 4.12. The van der Waals surface area contributed by atoms with Gasteiger partial charge in [-0.15, -0.1) is 0 Å². The van der Waals surface area contributed by atoms with E-state index in [1.165, 1.54) is 20.5 Å². The molecule has 1 aromatic heterocycles. The monoisotopic (exact) mass is 243 g/mol. The van der Waals surface area contributed by atoms with Crippen molar-refractivity contribution in [2.24, 2.45) is 0 Å². The molecule has 6 heteroatoms. The van der Waals surface area contributed by atoms with E-state index in [2.05, 4.69) is 10.1 Å². The van der Waals surface area contributed by atoms with Crippen LogP contribution in [-0.2, 0) is 15.1 Å². The number of hydrogen-bond donors (Lipinski definition) is 1. The third-order valence-electron chi connectivity index (χ3n) is 2.63. The minimum absolute atomic E-state index is 0.141. The van der Waals surface area contributed by atoms with Gasteiger partial charge >= 0.3 is 0 Å². The molecular formula is C11H21N3O3. The van der Waals surface area contributed by atoms with Gasteiger partial charge in [-0.25, -0.2) is 9.67 Å². The molecular weight excluding hydrogens is 222 g/mol. The van der Waals surface area contributed by atoms with Crippen molar-refractivity contribution in [2.75, 3.05) is 14.2 Å². The van der Waals surface area contributed by atoms with Gasteiger partial charge in [0.05, 0.1) is 0 Å². The Morgan fingerprint density at radius 1 is 1.41 bits per heavy atom. The number of nitrogens with zero attached hydrogens (tertiary/aromatic N) is 3. The Bertz CT molecular complexity index is 345. The van der Waals surface area contributed by atoms with Crippen LogP contribution >= 0.6 is 0 Å². The normalized spacial score (nSPS) is 15.5. The van der Waals surface area contributed by atoms with E-state index >= 15 is 0 Å². The van der Waals surface area contributed by atoms with E-state index in [4.69, 9.17) is 9.47 Å². The Balaban J connectivity index is 2.91. The van der Waals surface area contributed by atoms with Gasteiger partial charge in [0.25, 0.3) is 0 Å². The summed E-state index contributed by atoms with van der Waals surface area (Å²) in [6.45, 7) is 5.65. The van der Waals surface area contributed by atoms with E-state index in [-0.39, 0.29) is 6.04 Å². The van der Waals surface area contributed by atoms with Crippen LogP contribution in [-0.4, -0.2) is 40.4 Å². The lowest BCUT2D eigenvalue weighted by molar-refractivity contribution is -0.144. The van der Waals surface area contributed by atoms with Gasteiger partial charge in [-0.3, -0.25) is 0 Å². The molecule has 0 aliphatic rings. The van der Waals surface area contributed by atoms with Crippen molar-refractivity contribution in [1.29, 1.82) is 0 Å². The standard InChI is InChI=1S/C11H21N3O3/c1-8(2)14-10(12-7-13-14)11(3,15)6-9(16-4)17-5/h7-9,15H,6H2,1-5H3. The first-order chi connectivity index (χ1) is 7.92. The van der Waals surface area contributed by atoms with Crippen LogP contribution in [0.5, 0.6) is 0 Å². The van der Waals surface area contributed by atoms with E-state index in [1.807, 2.05) is 13.8 Å². The Hall–Kier alpha value is -0.980. The molecule has 1 aromatic rings. The van der Waals surface area contributed by atoms with Crippen molar-refractivity contribution in [2.45, 2.75) is 45.1 Å². The molecule has 1 unspecified atom stereocenters. The molecule has 0 fully saturated rings. The number of aliphatic hydroxyl groups is 1. The average molecular weight is 243 g/mol. The van der Waals surface area contributed by atoms with Gasteiger partial charge in [-0.05, 0) is 20.8 Å². The highest BCUT2D eigenvalue weighted by Gasteiger charge is 2.33. The fraction of sp³-hybridized carbons (Fsp3) is 0.818. The van der Waals surface area contributed by atoms with Crippen molar-refractivity contribution in [3.05, 3.63) is 12.2 Å². The molecule has 6 nitrogen and oxygen atoms in total. The van der Waals surface area contributed by atoms with Crippen LogP contribution in [0.25, 0.3) is 0 Å². The van der Waals surface area contributed by atoms with Crippen molar-refractivity contribution in [1.82, 2.24) is 14.8 Å². The maximum Gasteiger partial charge on any atom is 0.160 e. The molecule has 0 aliphatic heterocycles. The fourth-order valence-corrected chi connectivity index (χ4v) is 1.69. The Labute approximate surface area is 102 Å². The highest BCUT2D eigenvalue weighted by Crippen LogP contribution is 2.26. The smallest absolute Gasteiger partial charge is 0.160 e. The number of rotatable bonds is 6. The van der Waals surface area contributed by atoms with Crippen LogP contribution in [0.1, 0.15) is 39.1 Å². The molecule has 1 N–H and O–H groups in total. The quantitative estimate of drug-likeness (QED) is 0.757. The van der Waals surface area contributed by atoms with Crippen LogP contribution in [0.4, 0.5) is 0 Å².